The van der Waals surface area contributed by atoms with Crippen molar-refractivity contribution in [1.82, 2.24) is 4.31 Å². The average Bonchev–Trinajstić information content (AvgIpc) is 2.75. The van der Waals surface area contributed by atoms with Gasteiger partial charge in [0.1, 0.15) is 22.2 Å². The zero-order valence-electron chi connectivity index (χ0n) is 16.8. The van der Waals surface area contributed by atoms with Gasteiger partial charge in [0.05, 0.1) is 6.61 Å². The number of hydrogen-bond donors (Lipinski definition) is 1. The van der Waals surface area contributed by atoms with Crippen LogP contribution in [0.5, 0.6) is 11.5 Å². The summed E-state index contributed by atoms with van der Waals surface area (Å²) in [6, 6.07) is 9.83. The molecule has 1 aliphatic heterocycles. The predicted molar refractivity (Wildman–Crippen MR) is 111 cm³/mol. The summed E-state index contributed by atoms with van der Waals surface area (Å²) in [4.78, 5) is 12.3. The third kappa shape index (κ3) is 5.48. The van der Waals surface area contributed by atoms with E-state index in [2.05, 4.69) is 5.32 Å². The minimum absolute atomic E-state index is 0.0310. The van der Waals surface area contributed by atoms with E-state index in [1.165, 1.54) is 40.7 Å². The first-order chi connectivity index (χ1) is 14.4. The zero-order valence-corrected chi connectivity index (χ0v) is 17.6. The van der Waals surface area contributed by atoms with Crippen LogP contribution in [0.25, 0.3) is 0 Å². The highest BCUT2D eigenvalue weighted by atomic mass is 32.2. The minimum Gasteiger partial charge on any atom is -0.492 e. The topological polar surface area (TPSA) is 84.9 Å². The molecule has 0 saturated carbocycles. The number of halogens is 1. The smallest absolute Gasteiger partial charge is 0.262 e. The summed E-state index contributed by atoms with van der Waals surface area (Å²) in [6.45, 7) is 2.73. The Labute approximate surface area is 175 Å². The van der Waals surface area contributed by atoms with Crippen LogP contribution in [0, 0.1) is 5.82 Å². The molecule has 30 heavy (non-hydrogen) atoms. The zero-order chi connectivity index (χ0) is 21.6. The van der Waals surface area contributed by atoms with E-state index in [0.717, 1.165) is 19.3 Å². The summed E-state index contributed by atoms with van der Waals surface area (Å²) in [5.41, 5.74) is 0.321. The number of piperidine rings is 1. The number of carbonyl (C=O) groups is 1. The molecule has 162 valence electrons. The molecule has 7 nitrogen and oxygen atoms in total. The number of hydrogen-bond acceptors (Lipinski definition) is 5. The third-order valence-electron chi connectivity index (χ3n) is 4.64. The van der Waals surface area contributed by atoms with Crippen molar-refractivity contribution in [3.63, 3.8) is 0 Å². The molecule has 1 amide bonds. The summed E-state index contributed by atoms with van der Waals surface area (Å²) < 4.78 is 51.5. The number of sulfonamides is 1. The standard InChI is InChI=1S/C21H25FN2O5S/c1-2-28-19-11-8-17(14-20(19)30(26,27)24-12-4-3-5-13-24)23-21(25)15-29-18-9-6-16(22)7-10-18/h6-11,14H,2-5,12-13,15H2,1H3,(H,23,25). The Bertz CT molecular complexity index is 973. The number of nitrogens with zero attached hydrogens (tertiary/aromatic N) is 1. The lowest BCUT2D eigenvalue weighted by Crippen LogP contribution is -2.35. The van der Waals surface area contributed by atoms with E-state index in [1.807, 2.05) is 0 Å². The second-order valence-corrected chi connectivity index (χ2v) is 8.76. The number of carbonyl (C=O) groups excluding carboxylic acids is 1. The Morgan fingerprint density at radius 3 is 2.43 bits per heavy atom. The second kappa shape index (κ2) is 9.90. The predicted octanol–water partition coefficient (Wildman–Crippen LogP) is 3.42. The van der Waals surface area contributed by atoms with Crippen molar-refractivity contribution in [1.29, 1.82) is 0 Å². The summed E-state index contributed by atoms with van der Waals surface area (Å²) in [5.74, 6) is -0.260. The van der Waals surface area contributed by atoms with E-state index in [0.29, 0.717) is 31.1 Å². The molecule has 2 aromatic rings. The van der Waals surface area contributed by atoms with Crippen LogP contribution < -0.4 is 14.8 Å². The highest BCUT2D eigenvalue weighted by molar-refractivity contribution is 7.89. The fourth-order valence-electron chi connectivity index (χ4n) is 3.18. The van der Waals surface area contributed by atoms with Crippen molar-refractivity contribution >= 4 is 21.6 Å². The Kier molecular flexibility index (Phi) is 7.28. The summed E-state index contributed by atoms with van der Waals surface area (Å²) >= 11 is 0. The van der Waals surface area contributed by atoms with Gasteiger partial charge in [-0.25, -0.2) is 12.8 Å². The van der Waals surface area contributed by atoms with E-state index >= 15 is 0 Å². The van der Waals surface area contributed by atoms with Gasteiger partial charge in [-0.05, 0) is 62.2 Å². The van der Waals surface area contributed by atoms with Crippen LogP contribution >= 0.6 is 0 Å². The minimum atomic E-state index is -3.74. The molecular weight excluding hydrogens is 411 g/mol. The van der Waals surface area contributed by atoms with Crippen LogP contribution in [0.3, 0.4) is 0 Å². The van der Waals surface area contributed by atoms with Crippen LogP contribution in [0.1, 0.15) is 26.2 Å². The van der Waals surface area contributed by atoms with E-state index in [4.69, 9.17) is 9.47 Å². The normalized spacial score (nSPS) is 14.9. The monoisotopic (exact) mass is 436 g/mol. The van der Waals surface area contributed by atoms with Crippen molar-refractivity contribution in [2.45, 2.75) is 31.1 Å². The van der Waals surface area contributed by atoms with Crippen molar-refractivity contribution in [3.05, 3.63) is 48.3 Å². The molecule has 0 bridgehead atoms. The van der Waals surface area contributed by atoms with Gasteiger partial charge in [0.15, 0.2) is 6.61 Å². The number of amides is 1. The van der Waals surface area contributed by atoms with Crippen molar-refractivity contribution in [2.24, 2.45) is 0 Å². The van der Waals surface area contributed by atoms with Crippen molar-refractivity contribution in [3.8, 4) is 11.5 Å². The summed E-state index contributed by atoms with van der Waals surface area (Å²) in [5, 5.41) is 2.63. The van der Waals surface area contributed by atoms with E-state index in [9.17, 15) is 17.6 Å². The summed E-state index contributed by atoms with van der Waals surface area (Å²) in [6.07, 6.45) is 2.65. The largest absolute Gasteiger partial charge is 0.492 e. The van der Waals surface area contributed by atoms with Crippen LogP contribution in [-0.4, -0.2) is 44.9 Å². The van der Waals surface area contributed by atoms with Crippen molar-refractivity contribution in [2.75, 3.05) is 31.6 Å². The lowest BCUT2D eigenvalue weighted by atomic mass is 10.2. The first-order valence-electron chi connectivity index (χ1n) is 9.85. The number of anilines is 1. The molecule has 1 heterocycles. The fourth-order valence-corrected chi connectivity index (χ4v) is 4.86. The van der Waals surface area contributed by atoms with E-state index in [-0.39, 0.29) is 17.3 Å². The van der Waals surface area contributed by atoms with Gasteiger partial charge in [0.25, 0.3) is 5.91 Å². The van der Waals surface area contributed by atoms with Gasteiger partial charge in [-0.2, -0.15) is 4.31 Å². The maximum atomic E-state index is 13.1. The fraction of sp³-hybridized carbons (Fsp3) is 0.381. The maximum Gasteiger partial charge on any atom is 0.262 e. The highest BCUT2D eigenvalue weighted by Gasteiger charge is 2.29. The van der Waals surface area contributed by atoms with Gasteiger partial charge >= 0.3 is 0 Å². The van der Waals surface area contributed by atoms with Gasteiger partial charge in [-0.1, -0.05) is 6.42 Å². The SMILES string of the molecule is CCOc1ccc(NC(=O)COc2ccc(F)cc2)cc1S(=O)(=O)N1CCCCC1. The van der Waals surface area contributed by atoms with Crippen LogP contribution in [0.15, 0.2) is 47.4 Å². The summed E-state index contributed by atoms with van der Waals surface area (Å²) in [7, 11) is -3.74. The molecule has 0 aromatic heterocycles. The quantitative estimate of drug-likeness (QED) is 0.686. The number of benzene rings is 2. The molecule has 1 aliphatic rings. The lowest BCUT2D eigenvalue weighted by Gasteiger charge is -2.27. The Morgan fingerprint density at radius 2 is 1.77 bits per heavy atom. The van der Waals surface area contributed by atoms with E-state index in [1.54, 1.807) is 13.0 Å². The molecule has 1 saturated heterocycles. The molecule has 1 N–H and O–H groups in total. The molecule has 0 atom stereocenters. The molecule has 3 rings (SSSR count). The van der Waals surface area contributed by atoms with Crippen LogP contribution in [0.4, 0.5) is 10.1 Å². The number of ether oxygens (including phenoxy) is 2. The Morgan fingerprint density at radius 1 is 1.07 bits per heavy atom. The Balaban J connectivity index is 1.74. The van der Waals surface area contributed by atoms with Gasteiger partial charge in [-0.3, -0.25) is 4.79 Å². The van der Waals surface area contributed by atoms with Gasteiger partial charge in [0.2, 0.25) is 10.0 Å². The average molecular weight is 437 g/mol. The molecule has 0 spiro atoms. The highest BCUT2D eigenvalue weighted by Crippen LogP contribution is 2.31. The van der Waals surface area contributed by atoms with E-state index < -0.39 is 21.7 Å². The first-order valence-corrected chi connectivity index (χ1v) is 11.3. The van der Waals surface area contributed by atoms with Crippen LogP contribution in [-0.2, 0) is 14.8 Å². The molecule has 9 heteroatoms. The maximum absolute atomic E-state index is 13.1. The van der Waals surface area contributed by atoms with Gasteiger partial charge < -0.3 is 14.8 Å². The number of rotatable bonds is 8. The van der Waals surface area contributed by atoms with Crippen LogP contribution in [0.2, 0.25) is 0 Å². The molecule has 1 fully saturated rings. The molecule has 0 radical (unpaired) electrons. The molecule has 0 unspecified atom stereocenters. The van der Waals surface area contributed by atoms with Gasteiger partial charge in [0, 0.05) is 18.8 Å². The van der Waals surface area contributed by atoms with Gasteiger partial charge in [-0.15, -0.1) is 0 Å². The first kappa shape index (κ1) is 22.0. The molecule has 0 aliphatic carbocycles. The molecule has 2 aromatic carbocycles. The second-order valence-electron chi connectivity index (χ2n) is 6.85. The lowest BCUT2D eigenvalue weighted by molar-refractivity contribution is -0.118. The molecular formula is C21H25FN2O5S. The third-order valence-corrected chi connectivity index (χ3v) is 6.56. The van der Waals surface area contributed by atoms with Crippen molar-refractivity contribution < 1.29 is 27.1 Å². The Hall–Kier alpha value is -2.65. The number of nitrogens with one attached hydrogen (secondary N) is 1.